The van der Waals surface area contributed by atoms with E-state index >= 15 is 0 Å². The molecule has 0 unspecified atom stereocenters. The lowest BCUT2D eigenvalue weighted by Gasteiger charge is -2.07. The summed E-state index contributed by atoms with van der Waals surface area (Å²) in [6.07, 6.45) is 19.1. The van der Waals surface area contributed by atoms with Gasteiger partial charge in [-0.15, -0.1) is 0 Å². The fraction of sp³-hybridized carbons (Fsp3) is 0.720. The molecule has 1 aromatic rings. The monoisotopic (exact) mass is 421 g/mol. The van der Waals surface area contributed by atoms with Gasteiger partial charge in [-0.05, 0) is 49.8 Å². The highest BCUT2D eigenvalue weighted by molar-refractivity contribution is 7.80. The molecule has 0 bridgehead atoms. The number of benzene rings is 1. The van der Waals surface area contributed by atoms with Crippen LogP contribution < -0.4 is 5.32 Å². The van der Waals surface area contributed by atoms with Gasteiger partial charge in [-0.2, -0.15) is 12.6 Å². The average molecular weight is 422 g/mol. The number of rotatable bonds is 19. The Labute approximate surface area is 184 Å². The first-order valence-corrected chi connectivity index (χ1v) is 12.5. The second kappa shape index (κ2) is 18.8. The molecule has 0 aliphatic rings. The second-order valence-electron chi connectivity index (χ2n) is 7.90. The largest absolute Gasteiger partial charge is 0.462 e. The molecule has 0 heterocycles. The summed E-state index contributed by atoms with van der Waals surface area (Å²) in [4.78, 5) is 11.6. The molecule has 0 aliphatic heterocycles. The van der Waals surface area contributed by atoms with Gasteiger partial charge in [0.15, 0.2) is 0 Å². The first-order valence-electron chi connectivity index (χ1n) is 11.9. The Morgan fingerprint density at radius 1 is 0.759 bits per heavy atom. The van der Waals surface area contributed by atoms with Gasteiger partial charge in [-0.1, -0.05) is 77.0 Å². The molecule has 3 nitrogen and oxygen atoms in total. The third-order valence-electron chi connectivity index (χ3n) is 5.31. The summed E-state index contributed by atoms with van der Waals surface area (Å²) in [7, 11) is 0. The molecule has 0 saturated heterocycles. The topological polar surface area (TPSA) is 38.3 Å². The minimum absolute atomic E-state index is 0.251. The van der Waals surface area contributed by atoms with E-state index in [1.807, 2.05) is 31.2 Å². The van der Waals surface area contributed by atoms with Gasteiger partial charge in [-0.3, -0.25) is 0 Å². The van der Waals surface area contributed by atoms with Gasteiger partial charge in [-0.25, -0.2) is 4.79 Å². The Balaban J connectivity index is 1.86. The smallest absolute Gasteiger partial charge is 0.338 e. The highest BCUT2D eigenvalue weighted by atomic mass is 32.1. The number of hydrogen-bond acceptors (Lipinski definition) is 4. The van der Waals surface area contributed by atoms with E-state index in [9.17, 15) is 4.79 Å². The van der Waals surface area contributed by atoms with E-state index < -0.39 is 0 Å². The third-order valence-corrected chi connectivity index (χ3v) is 5.63. The molecule has 29 heavy (non-hydrogen) atoms. The van der Waals surface area contributed by atoms with Crippen LogP contribution in [-0.2, 0) is 4.74 Å². The van der Waals surface area contributed by atoms with Crippen LogP contribution in [0.5, 0.6) is 0 Å². The van der Waals surface area contributed by atoms with Crippen LogP contribution in [0.1, 0.15) is 107 Å². The molecule has 0 aliphatic carbocycles. The predicted molar refractivity (Wildman–Crippen MR) is 129 cm³/mol. The normalized spacial score (nSPS) is 10.8. The van der Waals surface area contributed by atoms with Crippen molar-refractivity contribution < 1.29 is 9.53 Å². The lowest BCUT2D eigenvalue weighted by atomic mass is 10.0. The maximum absolute atomic E-state index is 11.6. The van der Waals surface area contributed by atoms with Gasteiger partial charge in [0, 0.05) is 12.2 Å². The zero-order chi connectivity index (χ0) is 21.0. The van der Waals surface area contributed by atoms with E-state index in [0.717, 1.165) is 18.0 Å². The van der Waals surface area contributed by atoms with Crippen molar-refractivity contribution in [2.75, 3.05) is 24.2 Å². The zero-order valence-electron chi connectivity index (χ0n) is 18.6. The number of nitrogens with one attached hydrogen (secondary N) is 1. The van der Waals surface area contributed by atoms with E-state index in [4.69, 9.17) is 4.74 Å². The van der Waals surface area contributed by atoms with Gasteiger partial charge in [0.1, 0.15) is 0 Å². The first kappa shape index (κ1) is 25.9. The maximum atomic E-state index is 11.6. The Morgan fingerprint density at radius 2 is 1.21 bits per heavy atom. The summed E-state index contributed by atoms with van der Waals surface area (Å²) in [6, 6.07) is 7.55. The van der Waals surface area contributed by atoms with Gasteiger partial charge in [0.25, 0.3) is 0 Å². The molecule has 0 fully saturated rings. The number of thiol groups is 1. The van der Waals surface area contributed by atoms with E-state index in [1.165, 1.54) is 89.9 Å². The maximum Gasteiger partial charge on any atom is 0.338 e. The van der Waals surface area contributed by atoms with Crippen LogP contribution in [0.4, 0.5) is 5.69 Å². The number of ether oxygens (including phenoxy) is 1. The van der Waals surface area contributed by atoms with E-state index in [0.29, 0.717) is 12.2 Å². The Hall–Kier alpha value is -1.16. The molecule has 0 saturated carbocycles. The van der Waals surface area contributed by atoms with Crippen LogP contribution in [0.15, 0.2) is 24.3 Å². The van der Waals surface area contributed by atoms with Crippen molar-refractivity contribution in [3.63, 3.8) is 0 Å². The zero-order valence-corrected chi connectivity index (χ0v) is 19.5. The number of carbonyl (C=O) groups excluding carboxylic acids is 1. The molecule has 0 atom stereocenters. The molecule has 4 heteroatoms. The van der Waals surface area contributed by atoms with Gasteiger partial charge < -0.3 is 10.1 Å². The fourth-order valence-electron chi connectivity index (χ4n) is 3.53. The number of unbranched alkanes of at least 4 members (excludes halogenated alkanes) is 13. The van der Waals surface area contributed by atoms with Crippen LogP contribution in [0.25, 0.3) is 0 Å². The highest BCUT2D eigenvalue weighted by Crippen LogP contribution is 2.14. The Bertz CT molecular complexity index is 504. The molecular formula is C25H43NO2S. The second-order valence-corrected chi connectivity index (χ2v) is 8.35. The van der Waals surface area contributed by atoms with Crippen LogP contribution in [-0.4, -0.2) is 24.9 Å². The number of anilines is 1. The molecule has 1 N–H and O–H groups in total. The molecule has 0 spiro atoms. The lowest BCUT2D eigenvalue weighted by Crippen LogP contribution is -2.05. The lowest BCUT2D eigenvalue weighted by molar-refractivity contribution is 0.0526. The van der Waals surface area contributed by atoms with Crippen molar-refractivity contribution in [3.8, 4) is 0 Å². The Morgan fingerprint density at radius 3 is 1.66 bits per heavy atom. The van der Waals surface area contributed by atoms with E-state index in [2.05, 4.69) is 17.9 Å². The predicted octanol–water partition coefficient (Wildman–Crippen LogP) is 7.67. The summed E-state index contributed by atoms with van der Waals surface area (Å²) >= 11 is 4.26. The summed E-state index contributed by atoms with van der Waals surface area (Å²) < 4.78 is 5.00. The number of carbonyl (C=O) groups is 1. The van der Waals surface area contributed by atoms with Crippen LogP contribution in [0.2, 0.25) is 0 Å². The quantitative estimate of drug-likeness (QED) is 0.137. The van der Waals surface area contributed by atoms with Crippen LogP contribution in [0, 0.1) is 0 Å². The van der Waals surface area contributed by atoms with Crippen molar-refractivity contribution in [2.45, 2.75) is 96.8 Å². The van der Waals surface area contributed by atoms with Crippen LogP contribution >= 0.6 is 12.6 Å². The molecule has 1 aromatic carbocycles. The molecule has 166 valence electrons. The summed E-state index contributed by atoms with van der Waals surface area (Å²) in [5.41, 5.74) is 1.68. The van der Waals surface area contributed by atoms with Crippen molar-refractivity contribution in [1.82, 2.24) is 0 Å². The van der Waals surface area contributed by atoms with Crippen molar-refractivity contribution >= 4 is 24.3 Å². The number of esters is 1. The Kier molecular flexibility index (Phi) is 16.8. The minimum Gasteiger partial charge on any atom is -0.462 e. The van der Waals surface area contributed by atoms with Crippen LogP contribution in [0.3, 0.4) is 0 Å². The molecular weight excluding hydrogens is 378 g/mol. The summed E-state index contributed by atoms with van der Waals surface area (Å²) in [5.74, 6) is 0.794. The van der Waals surface area contributed by atoms with Gasteiger partial charge >= 0.3 is 5.97 Å². The van der Waals surface area contributed by atoms with Crippen molar-refractivity contribution in [3.05, 3.63) is 29.8 Å². The third kappa shape index (κ3) is 14.5. The van der Waals surface area contributed by atoms with Crippen molar-refractivity contribution in [2.24, 2.45) is 0 Å². The standard InChI is InChI=1S/C25H43NO2S/c1-2-28-25(27)23-17-19-24(20-18-23)26-21-15-13-11-9-7-5-3-4-6-8-10-12-14-16-22-29/h17-20,26,29H,2-16,21-22H2,1H3. The molecule has 1 rings (SSSR count). The van der Waals surface area contributed by atoms with E-state index in [-0.39, 0.29) is 5.97 Å². The fourth-order valence-corrected chi connectivity index (χ4v) is 3.75. The summed E-state index contributed by atoms with van der Waals surface area (Å²) in [5, 5.41) is 3.43. The van der Waals surface area contributed by atoms with Gasteiger partial charge in [0.05, 0.1) is 12.2 Å². The van der Waals surface area contributed by atoms with Gasteiger partial charge in [0.2, 0.25) is 0 Å². The SMILES string of the molecule is CCOC(=O)c1ccc(NCCCCCCCCCCCCCCCCS)cc1. The highest BCUT2D eigenvalue weighted by Gasteiger charge is 2.05. The van der Waals surface area contributed by atoms with Crippen molar-refractivity contribution in [1.29, 1.82) is 0 Å². The molecule has 0 radical (unpaired) electrons. The summed E-state index contributed by atoms with van der Waals surface area (Å²) in [6.45, 7) is 3.23. The minimum atomic E-state index is -0.251. The molecule has 0 aromatic heterocycles. The average Bonchev–Trinajstić information content (AvgIpc) is 2.74. The van der Waals surface area contributed by atoms with E-state index in [1.54, 1.807) is 0 Å². The molecule has 0 amide bonds. The number of hydrogen-bond donors (Lipinski definition) is 2. The first-order chi connectivity index (χ1) is 14.3.